The molecule has 21 heavy (non-hydrogen) atoms. The molecule has 0 aliphatic heterocycles. The Morgan fingerprint density at radius 3 is 2.90 bits per heavy atom. The molecule has 1 aromatic carbocycles. The SMILES string of the molecule is CCn1c(C2CCCCC2C(=O)O)nc2c(F)cccc21. The summed E-state index contributed by atoms with van der Waals surface area (Å²) in [6, 6.07) is 4.91. The van der Waals surface area contributed by atoms with E-state index in [1.165, 1.54) is 6.07 Å². The van der Waals surface area contributed by atoms with Crippen LogP contribution >= 0.6 is 0 Å². The van der Waals surface area contributed by atoms with Gasteiger partial charge in [-0.3, -0.25) is 4.79 Å². The summed E-state index contributed by atoms with van der Waals surface area (Å²) in [6.07, 6.45) is 3.43. The van der Waals surface area contributed by atoms with Crippen molar-refractivity contribution >= 4 is 17.0 Å². The summed E-state index contributed by atoms with van der Waals surface area (Å²) >= 11 is 0. The van der Waals surface area contributed by atoms with Crippen LogP contribution in [-0.2, 0) is 11.3 Å². The number of benzene rings is 1. The monoisotopic (exact) mass is 290 g/mol. The summed E-state index contributed by atoms with van der Waals surface area (Å²) in [4.78, 5) is 16.0. The van der Waals surface area contributed by atoms with Crippen LogP contribution in [-0.4, -0.2) is 20.6 Å². The molecule has 0 bridgehead atoms. The molecule has 0 saturated heterocycles. The summed E-state index contributed by atoms with van der Waals surface area (Å²) in [5.41, 5.74) is 1.10. The van der Waals surface area contributed by atoms with E-state index in [4.69, 9.17) is 0 Å². The highest BCUT2D eigenvalue weighted by atomic mass is 19.1. The number of hydrogen-bond acceptors (Lipinski definition) is 2. The lowest BCUT2D eigenvalue weighted by molar-refractivity contribution is -0.143. The summed E-state index contributed by atoms with van der Waals surface area (Å²) in [7, 11) is 0. The molecule has 1 aliphatic rings. The second-order valence-corrected chi connectivity index (χ2v) is 5.66. The number of aliphatic carboxylic acids is 1. The first-order chi connectivity index (χ1) is 10.1. The fourth-order valence-electron chi connectivity index (χ4n) is 3.48. The average molecular weight is 290 g/mol. The summed E-state index contributed by atoms with van der Waals surface area (Å²) in [6.45, 7) is 2.65. The number of para-hydroxylation sites is 1. The normalized spacial score (nSPS) is 22.6. The van der Waals surface area contributed by atoms with Crippen LogP contribution in [0.2, 0.25) is 0 Å². The smallest absolute Gasteiger partial charge is 0.307 e. The lowest BCUT2D eigenvalue weighted by Crippen LogP contribution is -2.27. The Bertz CT molecular complexity index is 680. The Morgan fingerprint density at radius 1 is 1.43 bits per heavy atom. The first kappa shape index (κ1) is 14.0. The molecule has 1 heterocycles. The molecule has 4 nitrogen and oxygen atoms in total. The molecular formula is C16H19FN2O2. The molecule has 1 aliphatic carbocycles. The minimum Gasteiger partial charge on any atom is -0.481 e. The maximum absolute atomic E-state index is 13.9. The Kier molecular flexibility index (Phi) is 3.66. The fraction of sp³-hybridized carbons (Fsp3) is 0.500. The minimum atomic E-state index is -0.769. The third-order valence-corrected chi connectivity index (χ3v) is 4.49. The number of fused-ring (bicyclic) bond motifs is 1. The van der Waals surface area contributed by atoms with Gasteiger partial charge in [-0.05, 0) is 31.9 Å². The highest BCUT2D eigenvalue weighted by Gasteiger charge is 2.35. The maximum atomic E-state index is 13.9. The third kappa shape index (κ3) is 2.30. The number of carboxylic acid groups (broad SMARTS) is 1. The molecule has 0 spiro atoms. The van der Waals surface area contributed by atoms with Crippen molar-refractivity contribution in [2.24, 2.45) is 5.92 Å². The predicted molar refractivity (Wildman–Crippen MR) is 77.7 cm³/mol. The van der Waals surface area contributed by atoms with E-state index >= 15 is 0 Å². The van der Waals surface area contributed by atoms with Gasteiger partial charge >= 0.3 is 5.97 Å². The van der Waals surface area contributed by atoms with Crippen LogP contribution in [0.25, 0.3) is 11.0 Å². The predicted octanol–water partition coefficient (Wildman–Crippen LogP) is 3.55. The van der Waals surface area contributed by atoms with Gasteiger partial charge in [0, 0.05) is 12.5 Å². The summed E-state index contributed by atoms with van der Waals surface area (Å²) in [5, 5.41) is 9.45. The molecule has 2 unspecified atom stereocenters. The van der Waals surface area contributed by atoms with E-state index in [9.17, 15) is 14.3 Å². The van der Waals surface area contributed by atoms with E-state index < -0.39 is 11.9 Å². The molecule has 0 amide bonds. The van der Waals surface area contributed by atoms with Gasteiger partial charge in [-0.1, -0.05) is 18.9 Å². The van der Waals surface area contributed by atoms with Crippen molar-refractivity contribution < 1.29 is 14.3 Å². The zero-order chi connectivity index (χ0) is 15.0. The molecule has 5 heteroatoms. The lowest BCUT2D eigenvalue weighted by atomic mass is 9.78. The topological polar surface area (TPSA) is 55.1 Å². The number of imidazole rings is 1. The Morgan fingerprint density at radius 2 is 2.19 bits per heavy atom. The van der Waals surface area contributed by atoms with Crippen LogP contribution in [0.5, 0.6) is 0 Å². The minimum absolute atomic E-state index is 0.122. The van der Waals surface area contributed by atoms with Crippen molar-refractivity contribution in [3.8, 4) is 0 Å². The number of nitrogens with zero attached hydrogens (tertiary/aromatic N) is 2. The zero-order valence-electron chi connectivity index (χ0n) is 12.1. The van der Waals surface area contributed by atoms with Gasteiger partial charge in [-0.25, -0.2) is 9.37 Å². The Labute approximate surface area is 122 Å². The van der Waals surface area contributed by atoms with E-state index in [-0.39, 0.29) is 11.7 Å². The molecule has 1 fully saturated rings. The Hall–Kier alpha value is -1.91. The zero-order valence-corrected chi connectivity index (χ0v) is 12.1. The number of aryl methyl sites for hydroxylation is 1. The van der Waals surface area contributed by atoms with Crippen LogP contribution in [0.15, 0.2) is 18.2 Å². The molecular weight excluding hydrogens is 271 g/mol. The van der Waals surface area contributed by atoms with Gasteiger partial charge in [0.2, 0.25) is 0 Å². The fourth-order valence-corrected chi connectivity index (χ4v) is 3.48. The van der Waals surface area contributed by atoms with Crippen LogP contribution in [0, 0.1) is 11.7 Å². The quantitative estimate of drug-likeness (QED) is 0.940. The average Bonchev–Trinajstić information content (AvgIpc) is 2.87. The van der Waals surface area contributed by atoms with Crippen LogP contribution in [0.1, 0.15) is 44.3 Å². The highest BCUT2D eigenvalue weighted by molar-refractivity contribution is 5.77. The van der Waals surface area contributed by atoms with Gasteiger partial charge in [0.1, 0.15) is 11.3 Å². The maximum Gasteiger partial charge on any atom is 0.307 e. The van der Waals surface area contributed by atoms with Gasteiger partial charge in [0.05, 0.1) is 11.4 Å². The molecule has 1 aromatic heterocycles. The van der Waals surface area contributed by atoms with E-state index in [2.05, 4.69) is 4.98 Å². The van der Waals surface area contributed by atoms with Gasteiger partial charge < -0.3 is 9.67 Å². The second kappa shape index (κ2) is 5.47. The molecule has 2 aromatic rings. The van der Waals surface area contributed by atoms with Crippen molar-refractivity contribution in [2.45, 2.75) is 45.1 Å². The molecule has 3 rings (SSSR count). The first-order valence-corrected chi connectivity index (χ1v) is 7.51. The molecule has 1 saturated carbocycles. The van der Waals surface area contributed by atoms with Crippen molar-refractivity contribution in [3.05, 3.63) is 29.8 Å². The van der Waals surface area contributed by atoms with Crippen molar-refractivity contribution in [3.63, 3.8) is 0 Å². The van der Waals surface area contributed by atoms with Crippen molar-refractivity contribution in [1.29, 1.82) is 0 Å². The molecule has 0 radical (unpaired) electrons. The van der Waals surface area contributed by atoms with Gasteiger partial charge in [0.25, 0.3) is 0 Å². The van der Waals surface area contributed by atoms with Crippen LogP contribution < -0.4 is 0 Å². The molecule has 2 atom stereocenters. The van der Waals surface area contributed by atoms with Crippen LogP contribution in [0.3, 0.4) is 0 Å². The van der Waals surface area contributed by atoms with Gasteiger partial charge in [0.15, 0.2) is 5.82 Å². The van der Waals surface area contributed by atoms with Gasteiger partial charge in [-0.15, -0.1) is 0 Å². The summed E-state index contributed by atoms with van der Waals surface area (Å²) < 4.78 is 15.9. The van der Waals surface area contributed by atoms with E-state index in [1.807, 2.05) is 17.6 Å². The standard InChI is InChI=1S/C16H19FN2O2/c1-2-19-13-9-5-8-12(17)14(13)18-15(19)10-6-3-4-7-11(10)16(20)21/h5,8-11H,2-4,6-7H2,1H3,(H,20,21). The lowest BCUT2D eigenvalue weighted by Gasteiger charge is -2.28. The number of rotatable bonds is 3. The number of carbonyl (C=O) groups is 1. The number of aromatic nitrogens is 2. The third-order valence-electron chi connectivity index (χ3n) is 4.49. The Balaban J connectivity index is 2.14. The number of halogens is 1. The number of carboxylic acids is 1. The molecule has 112 valence electrons. The van der Waals surface area contributed by atoms with Crippen LogP contribution in [0.4, 0.5) is 4.39 Å². The highest BCUT2D eigenvalue weighted by Crippen LogP contribution is 2.38. The second-order valence-electron chi connectivity index (χ2n) is 5.66. The summed E-state index contributed by atoms with van der Waals surface area (Å²) in [5.74, 6) is -0.921. The van der Waals surface area contributed by atoms with Crippen molar-refractivity contribution in [1.82, 2.24) is 9.55 Å². The number of hydrogen-bond donors (Lipinski definition) is 1. The van der Waals surface area contributed by atoms with Crippen molar-refractivity contribution in [2.75, 3.05) is 0 Å². The van der Waals surface area contributed by atoms with Gasteiger partial charge in [-0.2, -0.15) is 0 Å². The first-order valence-electron chi connectivity index (χ1n) is 7.51. The largest absolute Gasteiger partial charge is 0.481 e. The van der Waals surface area contributed by atoms with E-state index in [1.54, 1.807) is 6.07 Å². The molecule has 1 N–H and O–H groups in total. The van der Waals surface area contributed by atoms with E-state index in [0.717, 1.165) is 30.6 Å². The van der Waals surface area contributed by atoms with E-state index in [0.29, 0.717) is 18.5 Å².